The maximum atomic E-state index is 14.0. The van der Waals surface area contributed by atoms with E-state index in [0.29, 0.717) is 5.92 Å². The fourth-order valence-corrected chi connectivity index (χ4v) is 5.18. The molecule has 5 heteroatoms. The van der Waals surface area contributed by atoms with Gasteiger partial charge in [0.2, 0.25) is 0 Å². The van der Waals surface area contributed by atoms with Gasteiger partial charge in [-0.25, -0.2) is 4.39 Å². The zero-order valence-corrected chi connectivity index (χ0v) is 16.0. The number of ether oxygens (including phenoxy) is 1. The summed E-state index contributed by atoms with van der Waals surface area (Å²) in [4.78, 5) is 2.43. The number of aliphatic hydroxyl groups excluding tert-OH is 1. The summed E-state index contributed by atoms with van der Waals surface area (Å²) in [6.45, 7) is 3.15. The smallest absolute Gasteiger partial charge is 0.123 e. The van der Waals surface area contributed by atoms with E-state index in [1.807, 2.05) is 12.1 Å². The van der Waals surface area contributed by atoms with Gasteiger partial charge in [-0.2, -0.15) is 0 Å². The molecule has 3 heterocycles. The van der Waals surface area contributed by atoms with E-state index in [1.165, 1.54) is 11.6 Å². The highest BCUT2D eigenvalue weighted by Gasteiger charge is 2.41. The third-order valence-corrected chi connectivity index (χ3v) is 6.49. The molecule has 4 nitrogen and oxygen atoms in total. The number of rotatable bonds is 3. The first-order valence-corrected chi connectivity index (χ1v) is 10.4. The van der Waals surface area contributed by atoms with E-state index in [2.05, 4.69) is 28.4 Å². The molecule has 5 rings (SSSR count). The number of hydrogen-bond acceptors (Lipinski definition) is 4. The molecule has 2 saturated heterocycles. The van der Waals surface area contributed by atoms with E-state index in [4.69, 9.17) is 4.74 Å². The number of fused-ring (bicyclic) bond motifs is 5. The molecule has 148 valence electrons. The van der Waals surface area contributed by atoms with Crippen LogP contribution in [0.2, 0.25) is 0 Å². The van der Waals surface area contributed by atoms with Crippen LogP contribution in [0.25, 0.3) is 0 Å². The SMILES string of the molecule is OCC1CCCN(CC2CC3c4ccccc4Nc4ccc(F)cc4C3O2)C1. The van der Waals surface area contributed by atoms with Crippen LogP contribution in [0.5, 0.6) is 0 Å². The van der Waals surface area contributed by atoms with Gasteiger partial charge in [0.15, 0.2) is 0 Å². The summed E-state index contributed by atoms with van der Waals surface area (Å²) in [5.41, 5.74) is 4.18. The second-order valence-electron chi connectivity index (χ2n) is 8.42. The lowest BCUT2D eigenvalue weighted by atomic mass is 9.87. The fourth-order valence-electron chi connectivity index (χ4n) is 5.18. The normalized spacial score (nSPS) is 29.4. The molecular formula is C23H27FN2O2. The van der Waals surface area contributed by atoms with Crippen LogP contribution in [-0.4, -0.2) is 42.4 Å². The molecule has 0 bridgehead atoms. The maximum absolute atomic E-state index is 14.0. The van der Waals surface area contributed by atoms with Gasteiger partial charge in [0, 0.05) is 42.6 Å². The molecule has 2 aromatic carbocycles. The summed E-state index contributed by atoms with van der Waals surface area (Å²) >= 11 is 0. The Hall–Kier alpha value is -1.95. The molecule has 2 aromatic rings. The Morgan fingerprint density at radius 1 is 1.14 bits per heavy atom. The average molecular weight is 382 g/mol. The predicted octanol–water partition coefficient (Wildman–Crippen LogP) is 4.20. The number of benzene rings is 2. The number of anilines is 2. The quantitative estimate of drug-likeness (QED) is 0.835. The van der Waals surface area contributed by atoms with Gasteiger partial charge in [-0.05, 0) is 61.6 Å². The van der Waals surface area contributed by atoms with Gasteiger partial charge in [0.1, 0.15) is 5.82 Å². The molecule has 0 aliphatic carbocycles. The van der Waals surface area contributed by atoms with E-state index < -0.39 is 0 Å². The molecule has 0 aromatic heterocycles. The van der Waals surface area contributed by atoms with Crippen molar-refractivity contribution in [2.24, 2.45) is 5.92 Å². The Balaban J connectivity index is 1.43. The number of para-hydroxylation sites is 1. The zero-order chi connectivity index (χ0) is 19.1. The summed E-state index contributed by atoms with van der Waals surface area (Å²) < 4.78 is 20.6. The van der Waals surface area contributed by atoms with Crippen molar-refractivity contribution in [3.8, 4) is 0 Å². The summed E-state index contributed by atoms with van der Waals surface area (Å²) in [6, 6.07) is 13.3. The number of nitrogens with zero attached hydrogens (tertiary/aromatic N) is 1. The fraction of sp³-hybridized carbons (Fsp3) is 0.478. The van der Waals surface area contributed by atoms with E-state index in [9.17, 15) is 9.50 Å². The monoisotopic (exact) mass is 382 g/mol. The molecule has 3 aliphatic heterocycles. The topological polar surface area (TPSA) is 44.7 Å². The Labute approximate surface area is 165 Å². The van der Waals surface area contributed by atoms with Crippen molar-refractivity contribution in [2.75, 3.05) is 31.6 Å². The van der Waals surface area contributed by atoms with Crippen LogP contribution in [-0.2, 0) is 4.74 Å². The number of nitrogens with one attached hydrogen (secondary N) is 1. The molecule has 4 unspecified atom stereocenters. The Bertz CT molecular complexity index is 858. The standard InChI is InChI=1S/C23H27FN2O2/c24-16-7-8-22-20(10-16)23-19(18-5-1-2-6-21(18)25-22)11-17(28-23)13-26-9-3-4-15(12-26)14-27/h1-2,5-8,10,15,17,19,23,25,27H,3-4,9,11-14H2. The van der Waals surface area contributed by atoms with Gasteiger partial charge in [-0.15, -0.1) is 0 Å². The van der Waals surface area contributed by atoms with Crippen LogP contribution in [0.15, 0.2) is 42.5 Å². The van der Waals surface area contributed by atoms with Crippen LogP contribution >= 0.6 is 0 Å². The summed E-state index contributed by atoms with van der Waals surface area (Å²) in [5.74, 6) is 0.370. The van der Waals surface area contributed by atoms with Crippen molar-refractivity contribution in [3.05, 3.63) is 59.4 Å². The average Bonchev–Trinajstić information content (AvgIpc) is 3.08. The summed E-state index contributed by atoms with van der Waals surface area (Å²) in [6.07, 6.45) is 3.15. The lowest BCUT2D eigenvalue weighted by molar-refractivity contribution is 0.00798. The Morgan fingerprint density at radius 3 is 2.89 bits per heavy atom. The van der Waals surface area contributed by atoms with Crippen molar-refractivity contribution in [3.63, 3.8) is 0 Å². The van der Waals surface area contributed by atoms with Gasteiger partial charge >= 0.3 is 0 Å². The van der Waals surface area contributed by atoms with Gasteiger partial charge in [0.05, 0.1) is 12.2 Å². The Morgan fingerprint density at radius 2 is 2.00 bits per heavy atom. The van der Waals surface area contributed by atoms with Gasteiger partial charge in [0.25, 0.3) is 0 Å². The van der Waals surface area contributed by atoms with Crippen LogP contribution in [0.3, 0.4) is 0 Å². The molecular weight excluding hydrogens is 355 g/mol. The van der Waals surface area contributed by atoms with Crippen molar-refractivity contribution in [1.29, 1.82) is 0 Å². The second kappa shape index (κ2) is 7.47. The predicted molar refractivity (Wildman–Crippen MR) is 107 cm³/mol. The zero-order valence-electron chi connectivity index (χ0n) is 16.0. The maximum Gasteiger partial charge on any atom is 0.123 e. The molecule has 2 N–H and O–H groups in total. The highest BCUT2D eigenvalue weighted by molar-refractivity contribution is 5.70. The lowest BCUT2D eigenvalue weighted by Gasteiger charge is -2.33. The van der Waals surface area contributed by atoms with Crippen molar-refractivity contribution in [2.45, 2.75) is 37.4 Å². The van der Waals surface area contributed by atoms with Crippen molar-refractivity contribution >= 4 is 11.4 Å². The highest BCUT2D eigenvalue weighted by Crippen LogP contribution is 2.51. The molecule has 0 saturated carbocycles. The second-order valence-corrected chi connectivity index (χ2v) is 8.42. The third kappa shape index (κ3) is 3.32. The van der Waals surface area contributed by atoms with E-state index in [-0.39, 0.29) is 30.5 Å². The minimum atomic E-state index is -0.223. The minimum Gasteiger partial charge on any atom is -0.396 e. The van der Waals surface area contributed by atoms with Crippen LogP contribution in [0.4, 0.5) is 15.8 Å². The largest absolute Gasteiger partial charge is 0.396 e. The number of hydrogen-bond donors (Lipinski definition) is 2. The van der Waals surface area contributed by atoms with Crippen molar-refractivity contribution in [1.82, 2.24) is 4.90 Å². The van der Waals surface area contributed by atoms with Crippen molar-refractivity contribution < 1.29 is 14.2 Å². The van der Waals surface area contributed by atoms with Gasteiger partial charge in [-0.1, -0.05) is 18.2 Å². The third-order valence-electron chi connectivity index (χ3n) is 6.49. The molecule has 3 aliphatic rings. The minimum absolute atomic E-state index is 0.120. The van der Waals surface area contributed by atoms with E-state index in [1.54, 1.807) is 6.07 Å². The van der Waals surface area contributed by atoms with Gasteiger partial charge in [-0.3, -0.25) is 0 Å². The highest BCUT2D eigenvalue weighted by atomic mass is 19.1. The van der Waals surface area contributed by atoms with Crippen LogP contribution in [0.1, 0.15) is 42.4 Å². The van der Waals surface area contributed by atoms with Crippen LogP contribution in [0, 0.1) is 11.7 Å². The van der Waals surface area contributed by atoms with Crippen LogP contribution < -0.4 is 5.32 Å². The summed E-state index contributed by atoms with van der Waals surface area (Å²) in [5, 5.41) is 13.0. The summed E-state index contributed by atoms with van der Waals surface area (Å²) in [7, 11) is 0. The number of halogens is 1. The number of aliphatic hydroxyl groups is 1. The molecule has 0 amide bonds. The lowest BCUT2D eigenvalue weighted by Crippen LogP contribution is -2.41. The molecule has 2 fully saturated rings. The van der Waals surface area contributed by atoms with Gasteiger partial charge < -0.3 is 20.1 Å². The molecule has 4 atom stereocenters. The van der Waals surface area contributed by atoms with E-state index in [0.717, 1.165) is 55.8 Å². The Kier molecular flexibility index (Phi) is 4.83. The molecule has 0 radical (unpaired) electrons. The first-order valence-electron chi connectivity index (χ1n) is 10.4. The first kappa shape index (κ1) is 18.1. The first-order chi connectivity index (χ1) is 13.7. The number of likely N-dealkylation sites (tertiary alicyclic amines) is 1. The molecule has 0 spiro atoms. The molecule has 28 heavy (non-hydrogen) atoms. The number of piperidine rings is 1. The van der Waals surface area contributed by atoms with E-state index >= 15 is 0 Å².